The van der Waals surface area contributed by atoms with E-state index in [0.29, 0.717) is 11.3 Å². The molecule has 0 radical (unpaired) electrons. The number of ether oxygens (including phenoxy) is 1. The average Bonchev–Trinajstić information content (AvgIpc) is 2.76. The lowest BCUT2D eigenvalue weighted by Crippen LogP contribution is -2.30. The standard InChI is InChI=1S/C24H23FN2O5S/c1-15-12-13-18(33(30,31)27-22-11-7-5-9-20(22)25)14-19(15)24(29)32-17(3)23(28)26-21-10-6-4-8-16(21)2/h4-14,17,27H,1-3H3,(H,26,28). The molecule has 0 aliphatic heterocycles. The first-order valence-electron chi connectivity index (χ1n) is 10.0. The maximum Gasteiger partial charge on any atom is 0.339 e. The van der Waals surface area contributed by atoms with Gasteiger partial charge < -0.3 is 10.1 Å². The number of carbonyl (C=O) groups is 2. The highest BCUT2D eigenvalue weighted by atomic mass is 32.2. The number of aryl methyl sites for hydroxylation is 2. The molecule has 0 bridgehead atoms. The maximum atomic E-state index is 13.9. The van der Waals surface area contributed by atoms with Crippen molar-refractivity contribution in [1.29, 1.82) is 0 Å². The van der Waals surface area contributed by atoms with Gasteiger partial charge in [-0.05, 0) is 62.2 Å². The van der Waals surface area contributed by atoms with Crippen LogP contribution in [-0.4, -0.2) is 26.4 Å². The molecule has 172 valence electrons. The third-order valence-electron chi connectivity index (χ3n) is 4.91. The van der Waals surface area contributed by atoms with Crippen LogP contribution in [0.2, 0.25) is 0 Å². The Balaban J connectivity index is 1.77. The van der Waals surface area contributed by atoms with Crippen molar-refractivity contribution in [2.45, 2.75) is 31.8 Å². The number of hydrogen-bond acceptors (Lipinski definition) is 5. The van der Waals surface area contributed by atoms with Crippen molar-refractivity contribution in [3.05, 3.63) is 89.2 Å². The zero-order valence-corrected chi connectivity index (χ0v) is 19.1. The monoisotopic (exact) mass is 470 g/mol. The lowest BCUT2D eigenvalue weighted by molar-refractivity contribution is -0.123. The quantitative estimate of drug-likeness (QED) is 0.498. The molecular formula is C24H23FN2O5S. The summed E-state index contributed by atoms with van der Waals surface area (Å²) in [5, 5.41) is 2.69. The van der Waals surface area contributed by atoms with Crippen molar-refractivity contribution >= 4 is 33.3 Å². The molecule has 1 atom stereocenters. The molecule has 0 aliphatic carbocycles. The van der Waals surface area contributed by atoms with Crippen LogP contribution in [0.5, 0.6) is 0 Å². The fourth-order valence-electron chi connectivity index (χ4n) is 2.96. The SMILES string of the molecule is Cc1ccccc1NC(=O)C(C)OC(=O)c1cc(S(=O)(=O)Nc2ccccc2F)ccc1C. The zero-order valence-electron chi connectivity index (χ0n) is 18.3. The predicted molar refractivity (Wildman–Crippen MR) is 123 cm³/mol. The Hall–Kier alpha value is -3.72. The van der Waals surface area contributed by atoms with Gasteiger partial charge in [0, 0.05) is 5.69 Å². The Morgan fingerprint density at radius 1 is 0.909 bits per heavy atom. The number of para-hydroxylation sites is 2. The van der Waals surface area contributed by atoms with Crippen LogP contribution >= 0.6 is 0 Å². The fraction of sp³-hybridized carbons (Fsp3) is 0.167. The lowest BCUT2D eigenvalue weighted by Gasteiger charge is -2.16. The summed E-state index contributed by atoms with van der Waals surface area (Å²) < 4.78 is 46.7. The first-order valence-corrected chi connectivity index (χ1v) is 11.5. The van der Waals surface area contributed by atoms with E-state index < -0.39 is 33.8 Å². The van der Waals surface area contributed by atoms with Gasteiger partial charge in [0.25, 0.3) is 15.9 Å². The molecule has 3 aromatic rings. The smallest absolute Gasteiger partial charge is 0.339 e. The van der Waals surface area contributed by atoms with E-state index in [2.05, 4.69) is 10.0 Å². The van der Waals surface area contributed by atoms with Gasteiger partial charge >= 0.3 is 5.97 Å². The van der Waals surface area contributed by atoms with Gasteiger partial charge in [-0.3, -0.25) is 9.52 Å². The summed E-state index contributed by atoms with van der Waals surface area (Å²) in [7, 11) is -4.18. The molecule has 2 N–H and O–H groups in total. The normalized spacial score (nSPS) is 12.0. The maximum absolute atomic E-state index is 13.9. The molecule has 1 amide bonds. The predicted octanol–water partition coefficient (Wildman–Crippen LogP) is 4.43. The van der Waals surface area contributed by atoms with Gasteiger partial charge in [-0.25, -0.2) is 17.6 Å². The van der Waals surface area contributed by atoms with Gasteiger partial charge in [0.05, 0.1) is 16.1 Å². The molecule has 0 heterocycles. The Kier molecular flexibility index (Phi) is 7.13. The molecule has 0 spiro atoms. The number of amides is 1. The van der Waals surface area contributed by atoms with E-state index in [1.165, 1.54) is 37.3 Å². The van der Waals surface area contributed by atoms with Gasteiger partial charge in [-0.2, -0.15) is 0 Å². The number of nitrogens with one attached hydrogen (secondary N) is 2. The average molecular weight is 471 g/mol. The third-order valence-corrected chi connectivity index (χ3v) is 6.28. The number of rotatable bonds is 7. The van der Waals surface area contributed by atoms with Crippen molar-refractivity contribution < 1.29 is 27.1 Å². The summed E-state index contributed by atoms with van der Waals surface area (Å²) in [6, 6.07) is 16.3. The lowest BCUT2D eigenvalue weighted by atomic mass is 10.1. The van der Waals surface area contributed by atoms with Gasteiger partial charge in [0.2, 0.25) is 0 Å². The summed E-state index contributed by atoms with van der Waals surface area (Å²) >= 11 is 0. The number of anilines is 2. The van der Waals surface area contributed by atoms with Crippen LogP contribution in [0.3, 0.4) is 0 Å². The van der Waals surface area contributed by atoms with Gasteiger partial charge in [0.1, 0.15) is 5.82 Å². The Labute approximate surface area is 191 Å². The number of hydrogen-bond donors (Lipinski definition) is 2. The molecular weight excluding hydrogens is 447 g/mol. The van der Waals surface area contributed by atoms with Crippen LogP contribution in [-0.2, 0) is 19.6 Å². The summed E-state index contributed by atoms with van der Waals surface area (Å²) in [5.74, 6) is -2.12. The van der Waals surface area contributed by atoms with Crippen LogP contribution in [0.1, 0.15) is 28.4 Å². The van der Waals surface area contributed by atoms with Crippen molar-refractivity contribution in [1.82, 2.24) is 0 Å². The molecule has 3 aromatic carbocycles. The van der Waals surface area contributed by atoms with Gasteiger partial charge in [-0.1, -0.05) is 36.4 Å². The highest BCUT2D eigenvalue weighted by molar-refractivity contribution is 7.92. The summed E-state index contributed by atoms with van der Waals surface area (Å²) in [4.78, 5) is 24.9. The molecule has 33 heavy (non-hydrogen) atoms. The number of benzene rings is 3. The van der Waals surface area contributed by atoms with Gasteiger partial charge in [0.15, 0.2) is 6.10 Å². The van der Waals surface area contributed by atoms with Crippen LogP contribution in [0.4, 0.5) is 15.8 Å². The summed E-state index contributed by atoms with van der Waals surface area (Å²) in [6.45, 7) is 4.85. The molecule has 3 rings (SSSR count). The van der Waals surface area contributed by atoms with E-state index in [1.807, 2.05) is 19.1 Å². The second-order valence-corrected chi connectivity index (χ2v) is 9.10. The second-order valence-electron chi connectivity index (χ2n) is 7.41. The van der Waals surface area contributed by atoms with E-state index in [-0.39, 0.29) is 16.1 Å². The van der Waals surface area contributed by atoms with Crippen molar-refractivity contribution in [3.8, 4) is 0 Å². The van der Waals surface area contributed by atoms with E-state index >= 15 is 0 Å². The Morgan fingerprint density at radius 2 is 1.55 bits per heavy atom. The first-order chi connectivity index (χ1) is 15.6. The first kappa shape index (κ1) is 23.9. The molecule has 0 aromatic heterocycles. The minimum Gasteiger partial charge on any atom is -0.449 e. The van der Waals surface area contributed by atoms with Crippen molar-refractivity contribution in [2.24, 2.45) is 0 Å². The van der Waals surface area contributed by atoms with Crippen LogP contribution in [0.15, 0.2) is 71.6 Å². The molecule has 7 nitrogen and oxygen atoms in total. The highest BCUT2D eigenvalue weighted by Gasteiger charge is 2.23. The third kappa shape index (κ3) is 5.75. The molecule has 1 unspecified atom stereocenters. The van der Waals surface area contributed by atoms with E-state index in [4.69, 9.17) is 4.74 Å². The largest absolute Gasteiger partial charge is 0.449 e. The van der Waals surface area contributed by atoms with Gasteiger partial charge in [-0.15, -0.1) is 0 Å². The second kappa shape index (κ2) is 9.83. The van der Waals surface area contributed by atoms with E-state index in [0.717, 1.165) is 17.7 Å². The number of sulfonamides is 1. The minimum atomic E-state index is -4.18. The van der Waals surface area contributed by atoms with Crippen molar-refractivity contribution in [2.75, 3.05) is 10.0 Å². The van der Waals surface area contributed by atoms with Crippen LogP contribution < -0.4 is 10.0 Å². The van der Waals surface area contributed by atoms with E-state index in [1.54, 1.807) is 19.1 Å². The minimum absolute atomic E-state index is 0.0260. The fourth-order valence-corrected chi connectivity index (χ4v) is 4.05. The molecule has 0 aliphatic rings. The van der Waals surface area contributed by atoms with E-state index in [9.17, 15) is 22.4 Å². The number of carbonyl (C=O) groups excluding carboxylic acids is 2. The molecule has 0 saturated heterocycles. The Morgan fingerprint density at radius 3 is 2.21 bits per heavy atom. The molecule has 0 fully saturated rings. The van der Waals surface area contributed by atoms with Crippen LogP contribution in [0, 0.1) is 19.7 Å². The number of esters is 1. The molecule has 0 saturated carbocycles. The Bertz CT molecular complexity index is 1310. The summed E-state index contributed by atoms with van der Waals surface area (Å²) in [5.41, 5.74) is 1.65. The zero-order chi connectivity index (χ0) is 24.2. The topological polar surface area (TPSA) is 102 Å². The molecule has 9 heteroatoms. The highest BCUT2D eigenvalue weighted by Crippen LogP contribution is 2.22. The van der Waals surface area contributed by atoms with Crippen molar-refractivity contribution in [3.63, 3.8) is 0 Å². The number of halogens is 1. The summed E-state index contributed by atoms with van der Waals surface area (Å²) in [6.07, 6.45) is -1.13. The van der Waals surface area contributed by atoms with Crippen LogP contribution in [0.25, 0.3) is 0 Å².